The molecule has 2 aliphatic rings. The summed E-state index contributed by atoms with van der Waals surface area (Å²) in [4.78, 5) is 37.9. The minimum atomic E-state index is -1.07. The van der Waals surface area contributed by atoms with Crippen LogP contribution in [0.3, 0.4) is 0 Å². The quantitative estimate of drug-likeness (QED) is 0.759. The van der Waals surface area contributed by atoms with Crippen LogP contribution >= 0.6 is 0 Å². The largest absolute Gasteiger partial charge is 0.493 e. The second-order valence-corrected chi connectivity index (χ2v) is 7.30. The molecule has 27 heavy (non-hydrogen) atoms. The van der Waals surface area contributed by atoms with Gasteiger partial charge in [-0.2, -0.15) is 0 Å². The van der Waals surface area contributed by atoms with E-state index in [2.05, 4.69) is 5.32 Å². The van der Waals surface area contributed by atoms with Crippen molar-refractivity contribution in [2.24, 2.45) is 5.92 Å². The predicted molar refractivity (Wildman–Crippen MR) is 98.2 cm³/mol. The molecule has 1 aromatic rings. The predicted octanol–water partition coefficient (Wildman–Crippen LogP) is 1.82. The summed E-state index contributed by atoms with van der Waals surface area (Å²) < 4.78 is 5.56. The number of nitrogens with zero attached hydrogens (tertiary/aromatic N) is 1. The maximum Gasteiger partial charge on any atom is 0.329 e. The van der Waals surface area contributed by atoms with Gasteiger partial charge in [0.2, 0.25) is 11.8 Å². The molecule has 1 aliphatic carbocycles. The topological polar surface area (TPSA) is 95.9 Å². The van der Waals surface area contributed by atoms with Crippen LogP contribution in [0, 0.1) is 5.92 Å². The Labute approximate surface area is 158 Å². The van der Waals surface area contributed by atoms with E-state index in [1.54, 1.807) is 4.90 Å². The van der Waals surface area contributed by atoms with Crippen molar-refractivity contribution in [2.45, 2.75) is 44.1 Å². The number of hydrogen-bond donors (Lipinski definition) is 2. The summed E-state index contributed by atoms with van der Waals surface area (Å²) in [6.07, 6.45) is 3.23. The Morgan fingerprint density at radius 3 is 2.37 bits per heavy atom. The lowest BCUT2D eigenvalue weighted by Crippen LogP contribution is -2.60. The molecule has 1 heterocycles. The average molecular weight is 374 g/mol. The number of para-hydroxylation sites is 1. The van der Waals surface area contributed by atoms with Crippen LogP contribution in [-0.2, 0) is 14.4 Å². The van der Waals surface area contributed by atoms with Crippen molar-refractivity contribution >= 4 is 17.8 Å². The molecule has 1 saturated heterocycles. The number of hydrogen-bond acceptors (Lipinski definition) is 4. The molecule has 7 nitrogen and oxygen atoms in total. The van der Waals surface area contributed by atoms with Crippen molar-refractivity contribution in [1.82, 2.24) is 10.2 Å². The van der Waals surface area contributed by atoms with Gasteiger partial charge in [-0.3, -0.25) is 9.59 Å². The third kappa shape index (κ3) is 4.59. The maximum atomic E-state index is 12.4. The zero-order chi connectivity index (χ0) is 19.3. The first kappa shape index (κ1) is 19.2. The zero-order valence-corrected chi connectivity index (χ0v) is 15.4. The third-order valence-corrected chi connectivity index (χ3v) is 5.53. The van der Waals surface area contributed by atoms with Crippen LogP contribution in [0.15, 0.2) is 30.3 Å². The number of nitrogens with one attached hydrogen (secondary N) is 1. The molecule has 1 saturated carbocycles. The van der Waals surface area contributed by atoms with Crippen molar-refractivity contribution in [3.63, 3.8) is 0 Å². The van der Waals surface area contributed by atoms with Crippen LogP contribution < -0.4 is 10.1 Å². The van der Waals surface area contributed by atoms with Gasteiger partial charge in [-0.25, -0.2) is 4.79 Å². The first-order valence-corrected chi connectivity index (χ1v) is 9.51. The Kier molecular flexibility index (Phi) is 5.98. The fraction of sp³-hybridized carbons (Fsp3) is 0.550. The number of rotatable bonds is 7. The highest BCUT2D eigenvalue weighted by Gasteiger charge is 2.46. The monoisotopic (exact) mass is 374 g/mol. The van der Waals surface area contributed by atoms with E-state index >= 15 is 0 Å². The van der Waals surface area contributed by atoms with Crippen LogP contribution in [-0.4, -0.2) is 53.0 Å². The van der Waals surface area contributed by atoms with Crippen LogP contribution in [0.2, 0.25) is 0 Å². The minimum Gasteiger partial charge on any atom is -0.493 e. The van der Waals surface area contributed by atoms with E-state index in [1.807, 2.05) is 30.3 Å². The Morgan fingerprint density at radius 1 is 1.15 bits per heavy atom. The van der Waals surface area contributed by atoms with Gasteiger partial charge in [0.1, 0.15) is 11.3 Å². The summed E-state index contributed by atoms with van der Waals surface area (Å²) in [6.45, 7) is 1.36. The lowest BCUT2D eigenvalue weighted by Gasteiger charge is -2.40. The Hall–Kier alpha value is -2.57. The van der Waals surface area contributed by atoms with Gasteiger partial charge in [-0.15, -0.1) is 0 Å². The van der Waals surface area contributed by atoms with Crippen molar-refractivity contribution in [1.29, 1.82) is 0 Å². The molecule has 146 valence electrons. The van der Waals surface area contributed by atoms with Gasteiger partial charge < -0.3 is 20.1 Å². The summed E-state index contributed by atoms with van der Waals surface area (Å²) in [5.74, 6) is -0.619. The molecule has 0 unspecified atom stereocenters. The molecule has 7 heteroatoms. The highest BCUT2D eigenvalue weighted by atomic mass is 16.5. The molecule has 3 rings (SSSR count). The normalized spacial score (nSPS) is 19.0. The number of amides is 2. The number of aliphatic carboxylic acids is 1. The Bertz CT molecular complexity index is 679. The molecule has 2 amide bonds. The SMILES string of the molecule is O=C(NC1(C(=O)O)CCC1)C1CCN(C(=O)CCOc2ccccc2)CC1. The van der Waals surface area contributed by atoms with Crippen LogP contribution in [0.25, 0.3) is 0 Å². The van der Waals surface area contributed by atoms with E-state index < -0.39 is 11.5 Å². The summed E-state index contributed by atoms with van der Waals surface area (Å²) >= 11 is 0. The number of carboxylic acids is 1. The highest BCUT2D eigenvalue weighted by Crippen LogP contribution is 2.33. The maximum absolute atomic E-state index is 12.4. The Balaban J connectivity index is 1.39. The van der Waals surface area contributed by atoms with Gasteiger partial charge >= 0.3 is 5.97 Å². The molecule has 0 radical (unpaired) electrons. The zero-order valence-electron chi connectivity index (χ0n) is 15.4. The molecule has 0 atom stereocenters. The minimum absolute atomic E-state index is 0.0192. The van der Waals surface area contributed by atoms with Crippen molar-refractivity contribution in [3.05, 3.63) is 30.3 Å². The molecular formula is C20H26N2O5. The van der Waals surface area contributed by atoms with E-state index in [0.717, 1.165) is 12.2 Å². The second kappa shape index (κ2) is 8.41. The molecular weight excluding hydrogens is 348 g/mol. The molecule has 0 bridgehead atoms. The van der Waals surface area contributed by atoms with Crippen molar-refractivity contribution in [3.8, 4) is 5.75 Å². The molecule has 1 aromatic carbocycles. The molecule has 2 N–H and O–H groups in total. The van der Waals surface area contributed by atoms with Gasteiger partial charge in [0, 0.05) is 19.0 Å². The standard InChI is InChI=1S/C20H26N2O5/c23-17(9-14-27-16-5-2-1-3-6-16)22-12-7-15(8-13-22)18(24)21-20(19(25)26)10-4-11-20/h1-3,5-6,15H,4,7-14H2,(H,21,24)(H,25,26). The number of ether oxygens (including phenoxy) is 1. The number of carboxylic acid groups (broad SMARTS) is 1. The molecule has 0 spiro atoms. The summed E-state index contributed by atoms with van der Waals surface area (Å²) in [5.41, 5.74) is -1.07. The van der Waals surface area contributed by atoms with Crippen LogP contribution in [0.1, 0.15) is 38.5 Å². The summed E-state index contributed by atoms with van der Waals surface area (Å²) in [5, 5.41) is 12.1. The third-order valence-electron chi connectivity index (χ3n) is 5.53. The van der Waals surface area contributed by atoms with Gasteiger partial charge in [-0.1, -0.05) is 18.2 Å². The summed E-state index contributed by atoms with van der Waals surface area (Å²) in [6, 6.07) is 9.36. The van der Waals surface area contributed by atoms with E-state index in [-0.39, 0.29) is 17.7 Å². The first-order chi connectivity index (χ1) is 13.0. The van der Waals surface area contributed by atoms with Crippen LogP contribution in [0.5, 0.6) is 5.75 Å². The van der Waals surface area contributed by atoms with E-state index in [4.69, 9.17) is 4.74 Å². The summed E-state index contributed by atoms with van der Waals surface area (Å²) in [7, 11) is 0. The van der Waals surface area contributed by atoms with Crippen molar-refractivity contribution < 1.29 is 24.2 Å². The first-order valence-electron chi connectivity index (χ1n) is 9.51. The number of likely N-dealkylation sites (tertiary alicyclic amines) is 1. The lowest BCUT2D eigenvalue weighted by molar-refractivity contribution is -0.152. The van der Waals surface area contributed by atoms with E-state index in [9.17, 15) is 19.5 Å². The van der Waals surface area contributed by atoms with Crippen molar-refractivity contribution in [2.75, 3.05) is 19.7 Å². The second-order valence-electron chi connectivity index (χ2n) is 7.30. The van der Waals surface area contributed by atoms with Gasteiger partial charge in [-0.05, 0) is 44.2 Å². The molecule has 1 aliphatic heterocycles. The Morgan fingerprint density at radius 2 is 1.81 bits per heavy atom. The van der Waals surface area contributed by atoms with Gasteiger partial charge in [0.05, 0.1) is 13.0 Å². The average Bonchev–Trinajstić information content (AvgIpc) is 2.65. The molecule has 0 aromatic heterocycles. The number of carbonyl (C=O) groups is 3. The van der Waals surface area contributed by atoms with E-state index in [0.29, 0.717) is 51.8 Å². The fourth-order valence-electron chi connectivity index (χ4n) is 3.58. The number of benzene rings is 1. The van der Waals surface area contributed by atoms with E-state index in [1.165, 1.54) is 0 Å². The molecule has 2 fully saturated rings. The fourth-order valence-corrected chi connectivity index (χ4v) is 3.58. The lowest BCUT2D eigenvalue weighted by atomic mass is 9.76. The number of piperidine rings is 1. The van der Waals surface area contributed by atoms with Crippen LogP contribution in [0.4, 0.5) is 0 Å². The van der Waals surface area contributed by atoms with Gasteiger partial charge in [0.25, 0.3) is 0 Å². The highest BCUT2D eigenvalue weighted by molar-refractivity contribution is 5.89. The smallest absolute Gasteiger partial charge is 0.329 e. The number of carbonyl (C=O) groups excluding carboxylic acids is 2. The van der Waals surface area contributed by atoms with Gasteiger partial charge in [0.15, 0.2) is 0 Å².